The summed E-state index contributed by atoms with van der Waals surface area (Å²) in [6, 6.07) is 13.4. The maximum atomic E-state index is 13.7. The summed E-state index contributed by atoms with van der Waals surface area (Å²) < 4.78 is 19.4. The van der Waals surface area contributed by atoms with Crippen LogP contribution in [0.5, 0.6) is 5.75 Å². The number of hydrogen-bond donors (Lipinski definition) is 0. The number of benzene rings is 2. The third kappa shape index (κ3) is 3.04. The third-order valence-corrected chi connectivity index (χ3v) is 6.51. The fourth-order valence-electron chi connectivity index (χ4n) is 5.04. The van der Waals surface area contributed by atoms with E-state index in [2.05, 4.69) is 19.9 Å². The molecule has 2 aromatic carbocycles. The first-order valence-electron chi connectivity index (χ1n) is 10.8. The Morgan fingerprint density at radius 1 is 1.19 bits per heavy atom. The summed E-state index contributed by atoms with van der Waals surface area (Å²) in [5, 5.41) is 10.2. The topological polar surface area (TPSA) is 73.5 Å². The molecule has 0 saturated carbocycles. The van der Waals surface area contributed by atoms with E-state index in [0.29, 0.717) is 29.0 Å². The van der Waals surface area contributed by atoms with Crippen LogP contribution in [-0.2, 0) is 21.9 Å². The standard InChI is InChI=1S/C26H26N2O4/c1-25(2)14-31-21(32-25)13-30-16-7-9-19-18(11-16)23(29)22-17-8-6-15(12-27)10-20(17)28(5)24(22)26(19,3)4/h6-11,21H,13-14H2,1-5H3/t21-/m0/s1. The molecule has 6 heteroatoms. The molecule has 1 aromatic heterocycles. The van der Waals surface area contributed by atoms with Gasteiger partial charge in [-0.1, -0.05) is 26.0 Å². The summed E-state index contributed by atoms with van der Waals surface area (Å²) in [5.74, 6) is 0.588. The predicted octanol–water partition coefficient (Wildman–Crippen LogP) is 4.45. The van der Waals surface area contributed by atoms with Crippen molar-refractivity contribution in [2.75, 3.05) is 13.2 Å². The molecule has 32 heavy (non-hydrogen) atoms. The molecule has 0 amide bonds. The molecule has 3 aromatic rings. The molecule has 1 saturated heterocycles. The summed E-state index contributed by atoms with van der Waals surface area (Å²) in [7, 11) is 1.96. The van der Waals surface area contributed by atoms with Crippen LogP contribution >= 0.6 is 0 Å². The van der Waals surface area contributed by atoms with Crippen LogP contribution in [0.25, 0.3) is 10.9 Å². The second-order valence-electron chi connectivity index (χ2n) is 9.72. The molecular weight excluding hydrogens is 404 g/mol. The monoisotopic (exact) mass is 430 g/mol. The zero-order chi connectivity index (χ0) is 22.8. The second kappa shape index (κ2) is 6.93. The van der Waals surface area contributed by atoms with E-state index in [4.69, 9.17) is 14.2 Å². The van der Waals surface area contributed by atoms with Gasteiger partial charge in [-0.05, 0) is 43.7 Å². The van der Waals surface area contributed by atoms with Crippen LogP contribution < -0.4 is 4.74 Å². The summed E-state index contributed by atoms with van der Waals surface area (Å²) in [5.41, 5.74) is 4.02. The maximum absolute atomic E-state index is 13.7. The van der Waals surface area contributed by atoms with E-state index in [1.54, 1.807) is 6.07 Å². The molecule has 0 spiro atoms. The third-order valence-electron chi connectivity index (χ3n) is 6.51. The number of rotatable bonds is 3. The first-order chi connectivity index (χ1) is 15.1. The Bertz CT molecular complexity index is 1310. The lowest BCUT2D eigenvalue weighted by atomic mass is 9.71. The summed E-state index contributed by atoms with van der Waals surface area (Å²) in [6.45, 7) is 9.00. The van der Waals surface area contributed by atoms with Gasteiger partial charge >= 0.3 is 0 Å². The Balaban J connectivity index is 1.54. The molecule has 5 rings (SSSR count). The first-order valence-corrected chi connectivity index (χ1v) is 10.8. The fourth-order valence-corrected chi connectivity index (χ4v) is 5.04. The molecule has 1 atom stereocenters. The van der Waals surface area contributed by atoms with Gasteiger partial charge in [0.05, 0.1) is 34.9 Å². The van der Waals surface area contributed by atoms with Gasteiger partial charge in [0.2, 0.25) is 0 Å². The van der Waals surface area contributed by atoms with Crippen LogP contribution in [0.3, 0.4) is 0 Å². The lowest BCUT2D eigenvalue weighted by Gasteiger charge is -2.33. The maximum Gasteiger partial charge on any atom is 0.195 e. The first kappa shape index (κ1) is 20.7. The molecule has 1 aliphatic heterocycles. The van der Waals surface area contributed by atoms with Crippen LogP contribution in [0.4, 0.5) is 0 Å². The highest BCUT2D eigenvalue weighted by atomic mass is 16.7. The van der Waals surface area contributed by atoms with Crippen LogP contribution in [0.15, 0.2) is 36.4 Å². The number of carbonyl (C=O) groups is 1. The normalized spacial score (nSPS) is 20.6. The van der Waals surface area contributed by atoms with Gasteiger partial charge in [-0.15, -0.1) is 0 Å². The smallest absolute Gasteiger partial charge is 0.195 e. The molecule has 0 radical (unpaired) electrons. The van der Waals surface area contributed by atoms with Crippen molar-refractivity contribution in [1.29, 1.82) is 5.26 Å². The van der Waals surface area contributed by atoms with E-state index < -0.39 is 6.29 Å². The average Bonchev–Trinajstić information content (AvgIpc) is 3.27. The molecule has 2 aliphatic rings. The molecule has 1 fully saturated rings. The van der Waals surface area contributed by atoms with Crippen molar-refractivity contribution in [3.8, 4) is 11.8 Å². The van der Waals surface area contributed by atoms with E-state index in [9.17, 15) is 10.1 Å². The van der Waals surface area contributed by atoms with Crippen LogP contribution in [-0.4, -0.2) is 35.5 Å². The highest BCUT2D eigenvalue weighted by Gasteiger charge is 2.41. The van der Waals surface area contributed by atoms with Gasteiger partial charge in [0.25, 0.3) is 0 Å². The van der Waals surface area contributed by atoms with Crippen LogP contribution in [0.2, 0.25) is 0 Å². The Hall–Kier alpha value is -3.14. The van der Waals surface area contributed by atoms with Crippen molar-refractivity contribution in [2.24, 2.45) is 7.05 Å². The minimum Gasteiger partial charge on any atom is -0.488 e. The van der Waals surface area contributed by atoms with Crippen molar-refractivity contribution in [1.82, 2.24) is 4.57 Å². The number of ether oxygens (including phenoxy) is 3. The molecule has 6 nitrogen and oxygen atoms in total. The Labute approximate surface area is 187 Å². The lowest BCUT2D eigenvalue weighted by molar-refractivity contribution is -0.0990. The summed E-state index contributed by atoms with van der Waals surface area (Å²) in [6.07, 6.45) is -0.424. The lowest BCUT2D eigenvalue weighted by Crippen LogP contribution is -2.32. The van der Waals surface area contributed by atoms with Gasteiger partial charge in [-0.3, -0.25) is 4.79 Å². The Morgan fingerprint density at radius 3 is 2.66 bits per heavy atom. The SMILES string of the molecule is Cn1c2c(c3ccc(C#N)cc31)C(=O)c1cc(OC[C@H]3OCC(C)(C)O3)ccc1C2(C)C. The number of aromatic nitrogens is 1. The molecule has 0 bridgehead atoms. The number of fused-ring (bicyclic) bond motifs is 4. The quantitative estimate of drug-likeness (QED) is 0.614. The van der Waals surface area contributed by atoms with Gasteiger partial charge in [-0.2, -0.15) is 5.26 Å². The molecule has 2 heterocycles. The van der Waals surface area contributed by atoms with E-state index in [-0.39, 0.29) is 23.4 Å². The van der Waals surface area contributed by atoms with Crippen molar-refractivity contribution >= 4 is 16.7 Å². The fraction of sp³-hybridized carbons (Fsp3) is 0.385. The molecule has 1 aliphatic carbocycles. The Morgan fingerprint density at radius 2 is 1.97 bits per heavy atom. The number of nitrogens with zero attached hydrogens (tertiary/aromatic N) is 2. The molecule has 0 unspecified atom stereocenters. The number of carbonyl (C=O) groups excluding carboxylic acids is 1. The minimum absolute atomic E-state index is 0.0235. The number of ketones is 1. The van der Waals surface area contributed by atoms with Crippen molar-refractivity contribution < 1.29 is 19.0 Å². The van der Waals surface area contributed by atoms with Crippen LogP contribution in [0, 0.1) is 11.3 Å². The van der Waals surface area contributed by atoms with Gasteiger partial charge in [0.15, 0.2) is 12.1 Å². The van der Waals surface area contributed by atoms with E-state index in [1.165, 1.54) is 0 Å². The van der Waals surface area contributed by atoms with E-state index in [1.807, 2.05) is 55.8 Å². The van der Waals surface area contributed by atoms with Gasteiger partial charge < -0.3 is 18.8 Å². The Kier molecular flexibility index (Phi) is 4.49. The predicted molar refractivity (Wildman–Crippen MR) is 120 cm³/mol. The molecular formula is C26H26N2O4. The molecule has 0 N–H and O–H groups in total. The van der Waals surface area contributed by atoms with Gasteiger partial charge in [0, 0.05) is 29.1 Å². The summed E-state index contributed by atoms with van der Waals surface area (Å²) >= 11 is 0. The molecule has 164 valence electrons. The second-order valence-corrected chi connectivity index (χ2v) is 9.72. The van der Waals surface area contributed by atoms with Crippen molar-refractivity contribution in [2.45, 2.75) is 45.0 Å². The highest BCUT2D eigenvalue weighted by Crippen LogP contribution is 2.45. The van der Waals surface area contributed by atoms with Crippen molar-refractivity contribution in [3.63, 3.8) is 0 Å². The highest BCUT2D eigenvalue weighted by molar-refractivity contribution is 6.20. The van der Waals surface area contributed by atoms with Gasteiger partial charge in [-0.25, -0.2) is 0 Å². The summed E-state index contributed by atoms with van der Waals surface area (Å²) in [4.78, 5) is 13.7. The zero-order valence-electron chi connectivity index (χ0n) is 19.0. The zero-order valence-corrected chi connectivity index (χ0v) is 19.0. The van der Waals surface area contributed by atoms with Crippen LogP contribution in [0.1, 0.15) is 60.4 Å². The van der Waals surface area contributed by atoms with E-state index in [0.717, 1.165) is 22.2 Å². The number of aryl methyl sites for hydroxylation is 1. The average molecular weight is 431 g/mol. The van der Waals surface area contributed by atoms with E-state index >= 15 is 0 Å². The van der Waals surface area contributed by atoms with Gasteiger partial charge in [0.1, 0.15) is 12.4 Å². The largest absolute Gasteiger partial charge is 0.488 e. The minimum atomic E-state index is -0.424. The van der Waals surface area contributed by atoms with Crippen molar-refractivity contribution in [3.05, 3.63) is 64.3 Å². The number of nitriles is 1. The number of hydrogen-bond acceptors (Lipinski definition) is 5.